The molecule has 0 radical (unpaired) electrons. The Morgan fingerprint density at radius 2 is 2.00 bits per heavy atom. The summed E-state index contributed by atoms with van der Waals surface area (Å²) in [5.41, 5.74) is 0.0866. The lowest BCUT2D eigenvalue weighted by Gasteiger charge is -2.23. The molecule has 1 aromatic heterocycles. The average Bonchev–Trinajstić information content (AvgIpc) is 3.34. The molecule has 1 aliphatic heterocycles. The molecule has 27 heavy (non-hydrogen) atoms. The van der Waals surface area contributed by atoms with Crippen molar-refractivity contribution >= 4 is 34.7 Å². The molecule has 0 unspecified atom stereocenters. The topological polar surface area (TPSA) is 78.5 Å². The van der Waals surface area contributed by atoms with Crippen molar-refractivity contribution in [3.8, 4) is 0 Å². The number of thiophene rings is 1. The molecule has 142 valence electrons. The highest BCUT2D eigenvalue weighted by Crippen LogP contribution is 2.22. The van der Waals surface area contributed by atoms with Crippen LogP contribution in [0.15, 0.2) is 35.7 Å². The molecule has 9 heteroatoms. The fraction of sp³-hybridized carbons (Fsp3) is 0.278. The fourth-order valence-electron chi connectivity index (χ4n) is 2.89. The van der Waals surface area contributed by atoms with Crippen molar-refractivity contribution in [2.75, 3.05) is 18.4 Å². The second-order valence-electron chi connectivity index (χ2n) is 6.03. The van der Waals surface area contributed by atoms with Gasteiger partial charge in [0.15, 0.2) is 11.6 Å². The number of hydrogen-bond acceptors (Lipinski definition) is 4. The third-order valence-electron chi connectivity index (χ3n) is 4.17. The van der Waals surface area contributed by atoms with Crippen molar-refractivity contribution in [2.45, 2.75) is 18.9 Å². The average molecular weight is 393 g/mol. The molecule has 3 rings (SSSR count). The normalized spacial score (nSPS) is 16.2. The molecule has 3 amide bonds. The lowest BCUT2D eigenvalue weighted by atomic mass is 10.2. The lowest BCUT2D eigenvalue weighted by molar-refractivity contribution is -0.127. The highest BCUT2D eigenvalue weighted by Gasteiger charge is 2.34. The molecule has 1 aromatic carbocycles. The number of benzene rings is 1. The molecule has 1 fully saturated rings. The van der Waals surface area contributed by atoms with E-state index in [1.165, 1.54) is 22.3 Å². The van der Waals surface area contributed by atoms with E-state index in [1.54, 1.807) is 17.5 Å². The molecule has 1 atom stereocenters. The van der Waals surface area contributed by atoms with Crippen LogP contribution in [-0.2, 0) is 9.59 Å². The monoisotopic (exact) mass is 393 g/mol. The number of carbonyl (C=O) groups is 3. The van der Waals surface area contributed by atoms with Gasteiger partial charge in [0, 0.05) is 18.3 Å². The summed E-state index contributed by atoms with van der Waals surface area (Å²) >= 11 is 1.31. The van der Waals surface area contributed by atoms with Crippen LogP contribution in [0.4, 0.5) is 14.5 Å². The van der Waals surface area contributed by atoms with Gasteiger partial charge in [-0.3, -0.25) is 14.4 Å². The molecule has 0 spiro atoms. The van der Waals surface area contributed by atoms with E-state index in [0.29, 0.717) is 24.3 Å². The standard InChI is InChI=1S/C18H17F2N3O3S/c19-12-6-5-11(9-13(12)20)22-16(24)10-21-17(25)14-3-1-7-23(14)18(26)15-4-2-8-27-15/h2,4-6,8-9,14H,1,3,7,10H2,(H,21,25)(H,22,24)/t14-/m0/s1. The highest BCUT2D eigenvalue weighted by molar-refractivity contribution is 7.12. The molecular formula is C18H17F2N3O3S. The number of carbonyl (C=O) groups excluding carboxylic acids is 3. The molecule has 0 saturated carbocycles. The predicted octanol–water partition coefficient (Wildman–Crippen LogP) is 2.39. The summed E-state index contributed by atoms with van der Waals surface area (Å²) in [4.78, 5) is 38.8. The van der Waals surface area contributed by atoms with Gasteiger partial charge < -0.3 is 15.5 Å². The van der Waals surface area contributed by atoms with E-state index in [0.717, 1.165) is 12.1 Å². The van der Waals surface area contributed by atoms with Crippen LogP contribution in [0.1, 0.15) is 22.5 Å². The van der Waals surface area contributed by atoms with Crippen molar-refractivity contribution in [3.05, 3.63) is 52.2 Å². The van der Waals surface area contributed by atoms with Crippen molar-refractivity contribution in [1.29, 1.82) is 0 Å². The maximum atomic E-state index is 13.2. The Balaban J connectivity index is 1.54. The summed E-state index contributed by atoms with van der Waals surface area (Å²) in [6, 6.07) is 5.82. The number of nitrogens with one attached hydrogen (secondary N) is 2. The summed E-state index contributed by atoms with van der Waals surface area (Å²) in [6.07, 6.45) is 1.23. The maximum absolute atomic E-state index is 13.2. The minimum absolute atomic E-state index is 0.0866. The van der Waals surface area contributed by atoms with E-state index in [2.05, 4.69) is 10.6 Å². The molecule has 6 nitrogen and oxygen atoms in total. The van der Waals surface area contributed by atoms with Gasteiger partial charge >= 0.3 is 0 Å². The zero-order chi connectivity index (χ0) is 19.4. The highest BCUT2D eigenvalue weighted by atomic mass is 32.1. The van der Waals surface area contributed by atoms with E-state index in [4.69, 9.17) is 0 Å². The number of likely N-dealkylation sites (tertiary alicyclic amines) is 1. The van der Waals surface area contributed by atoms with Crippen LogP contribution < -0.4 is 10.6 Å². The zero-order valence-corrected chi connectivity index (χ0v) is 15.0. The Labute approximate surface area is 158 Å². The number of rotatable bonds is 5. The summed E-state index contributed by atoms with van der Waals surface area (Å²) in [6.45, 7) is 0.144. The van der Waals surface area contributed by atoms with Crippen molar-refractivity contribution < 1.29 is 23.2 Å². The van der Waals surface area contributed by atoms with Gasteiger partial charge in [0.05, 0.1) is 11.4 Å². The first-order chi connectivity index (χ1) is 13.0. The molecule has 0 aliphatic carbocycles. The van der Waals surface area contributed by atoms with Gasteiger partial charge in [-0.1, -0.05) is 6.07 Å². The minimum Gasteiger partial charge on any atom is -0.345 e. The second kappa shape index (κ2) is 8.26. The van der Waals surface area contributed by atoms with E-state index in [1.807, 2.05) is 0 Å². The molecule has 2 aromatic rings. The van der Waals surface area contributed by atoms with Crippen molar-refractivity contribution in [3.63, 3.8) is 0 Å². The zero-order valence-electron chi connectivity index (χ0n) is 14.2. The number of nitrogens with zero attached hydrogens (tertiary/aromatic N) is 1. The number of hydrogen-bond donors (Lipinski definition) is 2. The number of anilines is 1. The Morgan fingerprint density at radius 3 is 2.70 bits per heavy atom. The molecular weight excluding hydrogens is 376 g/mol. The molecule has 0 bridgehead atoms. The molecule has 1 aliphatic rings. The lowest BCUT2D eigenvalue weighted by Crippen LogP contribution is -2.47. The van der Waals surface area contributed by atoms with E-state index >= 15 is 0 Å². The predicted molar refractivity (Wildman–Crippen MR) is 96.4 cm³/mol. The first-order valence-electron chi connectivity index (χ1n) is 8.33. The third kappa shape index (κ3) is 4.48. The summed E-state index contributed by atoms with van der Waals surface area (Å²) in [5, 5.41) is 6.66. The third-order valence-corrected chi connectivity index (χ3v) is 5.03. The Hall–Kier alpha value is -2.81. The Bertz CT molecular complexity index is 858. The van der Waals surface area contributed by atoms with E-state index in [9.17, 15) is 23.2 Å². The van der Waals surface area contributed by atoms with Gasteiger partial charge in [-0.2, -0.15) is 0 Å². The van der Waals surface area contributed by atoms with Gasteiger partial charge in [-0.25, -0.2) is 8.78 Å². The van der Waals surface area contributed by atoms with Crippen LogP contribution in [0.25, 0.3) is 0 Å². The van der Waals surface area contributed by atoms with Gasteiger partial charge in [0.25, 0.3) is 5.91 Å². The van der Waals surface area contributed by atoms with Gasteiger partial charge in [-0.05, 0) is 36.4 Å². The quantitative estimate of drug-likeness (QED) is 0.819. The van der Waals surface area contributed by atoms with Crippen LogP contribution in [0, 0.1) is 11.6 Å². The summed E-state index contributed by atoms with van der Waals surface area (Å²) in [5.74, 6) is -3.29. The molecule has 2 N–H and O–H groups in total. The largest absolute Gasteiger partial charge is 0.345 e. The number of halogens is 2. The Morgan fingerprint density at radius 1 is 1.19 bits per heavy atom. The summed E-state index contributed by atoms with van der Waals surface area (Å²) in [7, 11) is 0. The van der Waals surface area contributed by atoms with Crippen LogP contribution in [-0.4, -0.2) is 41.8 Å². The van der Waals surface area contributed by atoms with Gasteiger partial charge in [0.2, 0.25) is 11.8 Å². The van der Waals surface area contributed by atoms with Crippen molar-refractivity contribution in [2.24, 2.45) is 0 Å². The second-order valence-corrected chi connectivity index (χ2v) is 6.98. The van der Waals surface area contributed by atoms with Crippen LogP contribution in [0.3, 0.4) is 0 Å². The number of amides is 3. The SMILES string of the molecule is O=C(CNC(=O)[C@@H]1CCCN1C(=O)c1cccs1)Nc1ccc(F)c(F)c1. The van der Waals surface area contributed by atoms with Crippen molar-refractivity contribution in [1.82, 2.24) is 10.2 Å². The van der Waals surface area contributed by atoms with Crippen LogP contribution >= 0.6 is 11.3 Å². The van der Waals surface area contributed by atoms with Crippen LogP contribution in [0.5, 0.6) is 0 Å². The molecule has 1 saturated heterocycles. The van der Waals surface area contributed by atoms with Crippen LogP contribution in [0.2, 0.25) is 0 Å². The van der Waals surface area contributed by atoms with Gasteiger partial charge in [-0.15, -0.1) is 11.3 Å². The fourth-order valence-corrected chi connectivity index (χ4v) is 3.57. The first-order valence-corrected chi connectivity index (χ1v) is 9.21. The smallest absolute Gasteiger partial charge is 0.264 e. The van der Waals surface area contributed by atoms with E-state index in [-0.39, 0.29) is 18.1 Å². The first kappa shape index (κ1) is 19.0. The molecule has 2 heterocycles. The van der Waals surface area contributed by atoms with Gasteiger partial charge in [0.1, 0.15) is 6.04 Å². The Kier molecular flexibility index (Phi) is 5.80. The maximum Gasteiger partial charge on any atom is 0.264 e. The summed E-state index contributed by atoms with van der Waals surface area (Å²) < 4.78 is 26.0. The van der Waals surface area contributed by atoms with E-state index < -0.39 is 29.5 Å². The minimum atomic E-state index is -1.08.